The smallest absolute Gasteiger partial charge is 0.0940 e. The summed E-state index contributed by atoms with van der Waals surface area (Å²) in [5, 5.41) is 8.87. The van der Waals surface area contributed by atoms with Gasteiger partial charge >= 0.3 is 0 Å². The Morgan fingerprint density at radius 2 is 2.11 bits per heavy atom. The SMILES string of the molecule is C=C(C)C1C[C@]1(C/C=C(\C)C#N)CN1CCCC1. The zero-order valence-electron chi connectivity index (χ0n) is 11.7. The fourth-order valence-corrected chi connectivity index (χ4v) is 3.30. The fourth-order valence-electron chi connectivity index (χ4n) is 3.30. The maximum atomic E-state index is 8.87. The highest BCUT2D eigenvalue weighted by Crippen LogP contribution is 2.59. The second-order valence-corrected chi connectivity index (χ2v) is 6.15. The van der Waals surface area contributed by atoms with Gasteiger partial charge in [0.15, 0.2) is 0 Å². The topological polar surface area (TPSA) is 27.0 Å². The number of nitriles is 1. The van der Waals surface area contributed by atoms with Crippen LogP contribution in [0.5, 0.6) is 0 Å². The first-order chi connectivity index (χ1) is 8.57. The number of hydrogen-bond donors (Lipinski definition) is 0. The van der Waals surface area contributed by atoms with Crippen LogP contribution < -0.4 is 0 Å². The van der Waals surface area contributed by atoms with Crippen molar-refractivity contribution >= 4 is 0 Å². The van der Waals surface area contributed by atoms with E-state index in [1.54, 1.807) is 0 Å². The van der Waals surface area contributed by atoms with E-state index < -0.39 is 0 Å². The molecule has 2 nitrogen and oxygen atoms in total. The van der Waals surface area contributed by atoms with E-state index in [0.29, 0.717) is 11.3 Å². The molecule has 2 aliphatic rings. The van der Waals surface area contributed by atoms with Crippen molar-refractivity contribution in [3.05, 3.63) is 23.8 Å². The molecule has 2 rings (SSSR count). The molecule has 1 aliphatic carbocycles. The monoisotopic (exact) mass is 244 g/mol. The van der Waals surface area contributed by atoms with Crippen LogP contribution in [0, 0.1) is 22.7 Å². The molecule has 98 valence electrons. The molecule has 2 heteroatoms. The minimum absolute atomic E-state index is 0.383. The minimum Gasteiger partial charge on any atom is -0.303 e. The van der Waals surface area contributed by atoms with Gasteiger partial charge in [0.25, 0.3) is 0 Å². The van der Waals surface area contributed by atoms with Gasteiger partial charge in [0, 0.05) is 12.1 Å². The van der Waals surface area contributed by atoms with Crippen LogP contribution in [0.1, 0.15) is 39.5 Å². The number of nitrogens with zero attached hydrogens (tertiary/aromatic N) is 2. The van der Waals surface area contributed by atoms with E-state index in [4.69, 9.17) is 5.26 Å². The molecule has 0 aromatic carbocycles. The Kier molecular flexibility index (Phi) is 3.92. The second kappa shape index (κ2) is 5.28. The summed E-state index contributed by atoms with van der Waals surface area (Å²) in [6.45, 7) is 11.9. The second-order valence-electron chi connectivity index (χ2n) is 6.15. The summed E-state index contributed by atoms with van der Waals surface area (Å²) in [7, 11) is 0. The van der Waals surface area contributed by atoms with Crippen molar-refractivity contribution in [2.75, 3.05) is 19.6 Å². The summed E-state index contributed by atoms with van der Waals surface area (Å²) in [5.41, 5.74) is 2.55. The van der Waals surface area contributed by atoms with Gasteiger partial charge in [-0.1, -0.05) is 18.2 Å². The van der Waals surface area contributed by atoms with Gasteiger partial charge in [-0.15, -0.1) is 0 Å². The first-order valence-corrected chi connectivity index (χ1v) is 7.02. The Hall–Kier alpha value is -1.07. The van der Waals surface area contributed by atoms with Gasteiger partial charge < -0.3 is 4.90 Å². The summed E-state index contributed by atoms with van der Waals surface area (Å²) in [4.78, 5) is 2.60. The molecule has 0 spiro atoms. The highest BCUT2D eigenvalue weighted by Gasteiger charge is 2.53. The molecule has 2 fully saturated rings. The van der Waals surface area contributed by atoms with Crippen LogP contribution in [0.25, 0.3) is 0 Å². The van der Waals surface area contributed by atoms with Crippen molar-refractivity contribution in [3.63, 3.8) is 0 Å². The van der Waals surface area contributed by atoms with Crippen LogP contribution in [0.3, 0.4) is 0 Å². The molecule has 1 heterocycles. The average Bonchev–Trinajstić information content (AvgIpc) is 2.82. The highest BCUT2D eigenvalue weighted by molar-refractivity contribution is 5.24. The normalized spacial score (nSPS) is 32.3. The molecular weight excluding hydrogens is 220 g/mol. The van der Waals surface area contributed by atoms with E-state index in [2.05, 4.69) is 30.5 Å². The Morgan fingerprint density at radius 1 is 1.44 bits per heavy atom. The molecule has 0 amide bonds. The number of allylic oxidation sites excluding steroid dienone is 3. The summed E-state index contributed by atoms with van der Waals surface area (Å²) in [6.07, 6.45) is 7.12. The van der Waals surface area contributed by atoms with Crippen molar-refractivity contribution in [3.8, 4) is 6.07 Å². The molecule has 1 unspecified atom stereocenters. The number of hydrogen-bond acceptors (Lipinski definition) is 2. The van der Waals surface area contributed by atoms with Crippen molar-refractivity contribution in [1.29, 1.82) is 5.26 Å². The lowest BCUT2D eigenvalue weighted by atomic mass is 9.94. The van der Waals surface area contributed by atoms with Crippen molar-refractivity contribution < 1.29 is 0 Å². The van der Waals surface area contributed by atoms with Crippen LogP contribution in [-0.4, -0.2) is 24.5 Å². The van der Waals surface area contributed by atoms with E-state index in [0.717, 1.165) is 12.0 Å². The fraction of sp³-hybridized carbons (Fsp3) is 0.688. The lowest BCUT2D eigenvalue weighted by Crippen LogP contribution is -2.28. The van der Waals surface area contributed by atoms with E-state index in [-0.39, 0.29) is 0 Å². The lowest BCUT2D eigenvalue weighted by molar-refractivity contribution is 0.255. The van der Waals surface area contributed by atoms with E-state index in [1.807, 2.05) is 6.92 Å². The lowest BCUT2D eigenvalue weighted by Gasteiger charge is -2.23. The molecule has 0 bridgehead atoms. The highest BCUT2D eigenvalue weighted by atomic mass is 15.2. The summed E-state index contributed by atoms with van der Waals surface area (Å²) < 4.78 is 0. The molecule has 2 atom stereocenters. The summed E-state index contributed by atoms with van der Waals surface area (Å²) in [5.74, 6) is 0.667. The van der Waals surface area contributed by atoms with Crippen molar-refractivity contribution in [2.24, 2.45) is 11.3 Å². The largest absolute Gasteiger partial charge is 0.303 e. The third-order valence-corrected chi connectivity index (χ3v) is 4.51. The summed E-state index contributed by atoms with van der Waals surface area (Å²) >= 11 is 0. The van der Waals surface area contributed by atoms with Crippen LogP contribution in [0.2, 0.25) is 0 Å². The molecule has 0 aromatic heterocycles. The Labute approximate surface area is 111 Å². The van der Waals surface area contributed by atoms with E-state index >= 15 is 0 Å². The minimum atomic E-state index is 0.383. The van der Waals surface area contributed by atoms with Crippen molar-refractivity contribution in [1.82, 2.24) is 4.90 Å². The quantitative estimate of drug-likeness (QED) is 0.546. The molecule has 1 saturated heterocycles. The number of rotatable bonds is 5. The predicted molar refractivity (Wildman–Crippen MR) is 75.0 cm³/mol. The van der Waals surface area contributed by atoms with Crippen LogP contribution in [0.4, 0.5) is 0 Å². The van der Waals surface area contributed by atoms with Crippen LogP contribution >= 0.6 is 0 Å². The predicted octanol–water partition coefficient (Wildman–Crippen LogP) is 3.52. The standard InChI is InChI=1S/C16H24N2/c1-13(2)15-10-16(15,7-6-14(3)11-17)12-18-8-4-5-9-18/h6,15H,1,4-5,7-10,12H2,2-3H3/b14-6+/t15?,16-/m1/s1. The number of likely N-dealkylation sites (tertiary alicyclic amines) is 1. The average molecular weight is 244 g/mol. The van der Waals surface area contributed by atoms with E-state index in [9.17, 15) is 0 Å². The van der Waals surface area contributed by atoms with Gasteiger partial charge in [0.05, 0.1) is 6.07 Å². The Bertz CT molecular complexity index is 396. The maximum Gasteiger partial charge on any atom is 0.0940 e. The van der Waals surface area contributed by atoms with E-state index in [1.165, 1.54) is 44.5 Å². The summed E-state index contributed by atoms with van der Waals surface area (Å²) in [6, 6.07) is 2.23. The molecule has 0 aromatic rings. The zero-order chi connectivity index (χ0) is 13.2. The van der Waals surface area contributed by atoms with Crippen LogP contribution in [0.15, 0.2) is 23.8 Å². The Balaban J connectivity index is 2.01. The third kappa shape index (κ3) is 2.84. The van der Waals surface area contributed by atoms with Crippen molar-refractivity contribution in [2.45, 2.75) is 39.5 Å². The van der Waals surface area contributed by atoms with Gasteiger partial charge in [-0.2, -0.15) is 5.26 Å². The first kappa shape index (κ1) is 13.4. The molecule has 1 aliphatic heterocycles. The maximum absolute atomic E-state index is 8.87. The molecular formula is C16H24N2. The molecule has 18 heavy (non-hydrogen) atoms. The molecule has 1 saturated carbocycles. The van der Waals surface area contributed by atoms with Gasteiger partial charge in [-0.25, -0.2) is 0 Å². The van der Waals surface area contributed by atoms with Gasteiger partial charge in [-0.05, 0) is 64.0 Å². The third-order valence-electron chi connectivity index (χ3n) is 4.51. The molecule has 0 radical (unpaired) electrons. The van der Waals surface area contributed by atoms with Gasteiger partial charge in [-0.3, -0.25) is 0 Å². The molecule has 0 N–H and O–H groups in total. The zero-order valence-corrected chi connectivity index (χ0v) is 11.7. The Morgan fingerprint density at radius 3 is 2.61 bits per heavy atom. The van der Waals surface area contributed by atoms with Gasteiger partial charge in [0.2, 0.25) is 0 Å². The van der Waals surface area contributed by atoms with Gasteiger partial charge in [0.1, 0.15) is 0 Å². The first-order valence-electron chi connectivity index (χ1n) is 7.02. The van der Waals surface area contributed by atoms with Crippen LogP contribution in [-0.2, 0) is 0 Å².